The fourth-order valence-corrected chi connectivity index (χ4v) is 1.84. The third-order valence-electron chi connectivity index (χ3n) is 2.48. The number of hydrogen-bond acceptors (Lipinski definition) is 1. The van der Waals surface area contributed by atoms with Crippen molar-refractivity contribution in [3.8, 4) is 0 Å². The van der Waals surface area contributed by atoms with Crippen LogP contribution in [0.3, 0.4) is 0 Å². The highest BCUT2D eigenvalue weighted by Gasteiger charge is 2.27. The maximum Gasteiger partial charge on any atom is 0.0420 e. The van der Waals surface area contributed by atoms with Crippen LogP contribution >= 0.6 is 15.9 Å². The van der Waals surface area contributed by atoms with E-state index in [2.05, 4.69) is 35.0 Å². The summed E-state index contributed by atoms with van der Waals surface area (Å²) in [5.74, 6) is 0.535. The fourth-order valence-electron chi connectivity index (χ4n) is 1.48. The predicted molar refractivity (Wildman–Crippen MR) is 58.4 cm³/mol. The number of hydrogen-bond donors (Lipinski definition) is 1. The summed E-state index contributed by atoms with van der Waals surface area (Å²) in [6.07, 6.45) is 2.40. The van der Waals surface area contributed by atoms with Crippen LogP contribution < -0.4 is 0 Å². The third kappa shape index (κ3) is 1.83. The van der Waals surface area contributed by atoms with E-state index in [1.165, 1.54) is 18.4 Å². The van der Waals surface area contributed by atoms with Crippen LogP contribution in [0.15, 0.2) is 22.7 Å². The summed E-state index contributed by atoms with van der Waals surface area (Å²) < 4.78 is 1.07. The van der Waals surface area contributed by atoms with Crippen molar-refractivity contribution in [2.45, 2.75) is 19.8 Å². The molecule has 0 radical (unpaired) electrons. The van der Waals surface area contributed by atoms with E-state index in [1.807, 2.05) is 6.07 Å². The molecular weight excluding hydrogens is 226 g/mol. The van der Waals surface area contributed by atoms with Gasteiger partial charge in [-0.25, -0.2) is 0 Å². The van der Waals surface area contributed by atoms with Crippen molar-refractivity contribution in [2.24, 2.45) is 5.92 Å². The Morgan fingerprint density at radius 1 is 1.46 bits per heavy atom. The SMILES string of the molecule is Cc1ccc(Br)cc1C(=N)C1CC1. The van der Waals surface area contributed by atoms with Crippen LogP contribution in [0.1, 0.15) is 24.0 Å². The minimum atomic E-state index is 0.535. The summed E-state index contributed by atoms with van der Waals surface area (Å²) in [7, 11) is 0. The predicted octanol–water partition coefficient (Wildman–Crippen LogP) is 3.54. The van der Waals surface area contributed by atoms with E-state index in [-0.39, 0.29) is 0 Å². The molecule has 0 saturated heterocycles. The van der Waals surface area contributed by atoms with E-state index in [9.17, 15) is 0 Å². The highest BCUT2D eigenvalue weighted by Crippen LogP contribution is 2.33. The van der Waals surface area contributed by atoms with Gasteiger partial charge in [0, 0.05) is 16.1 Å². The average molecular weight is 238 g/mol. The molecule has 13 heavy (non-hydrogen) atoms. The lowest BCUT2D eigenvalue weighted by Gasteiger charge is -2.06. The first-order valence-electron chi connectivity index (χ1n) is 4.53. The summed E-state index contributed by atoms with van der Waals surface area (Å²) in [6, 6.07) is 6.14. The molecule has 1 aromatic rings. The van der Waals surface area contributed by atoms with Gasteiger partial charge in [0.1, 0.15) is 0 Å². The number of halogens is 1. The van der Waals surface area contributed by atoms with E-state index >= 15 is 0 Å². The van der Waals surface area contributed by atoms with Crippen LogP contribution in [0.2, 0.25) is 0 Å². The van der Waals surface area contributed by atoms with Gasteiger partial charge in [0.15, 0.2) is 0 Å². The van der Waals surface area contributed by atoms with Crippen LogP contribution in [0.5, 0.6) is 0 Å². The molecule has 0 unspecified atom stereocenters. The van der Waals surface area contributed by atoms with Gasteiger partial charge in [0.2, 0.25) is 0 Å². The van der Waals surface area contributed by atoms with Gasteiger partial charge in [-0.2, -0.15) is 0 Å². The molecule has 1 aliphatic carbocycles. The first-order valence-corrected chi connectivity index (χ1v) is 5.33. The maximum absolute atomic E-state index is 7.96. The van der Waals surface area contributed by atoms with Gasteiger partial charge in [-0.1, -0.05) is 22.0 Å². The molecule has 0 bridgehead atoms. The Kier molecular flexibility index (Phi) is 2.24. The van der Waals surface area contributed by atoms with E-state index in [0.717, 1.165) is 15.7 Å². The van der Waals surface area contributed by atoms with Gasteiger partial charge in [0.25, 0.3) is 0 Å². The van der Waals surface area contributed by atoms with E-state index in [0.29, 0.717) is 5.92 Å². The first-order chi connectivity index (χ1) is 6.18. The van der Waals surface area contributed by atoms with Crippen molar-refractivity contribution in [1.29, 1.82) is 5.41 Å². The molecule has 1 nitrogen and oxygen atoms in total. The summed E-state index contributed by atoms with van der Waals surface area (Å²) in [5, 5.41) is 7.96. The minimum absolute atomic E-state index is 0.535. The normalized spacial score (nSPS) is 15.8. The van der Waals surface area contributed by atoms with E-state index < -0.39 is 0 Å². The maximum atomic E-state index is 7.96. The molecule has 2 heteroatoms. The first kappa shape index (κ1) is 8.95. The Labute approximate surface area is 86.8 Å². The Balaban J connectivity index is 2.37. The van der Waals surface area contributed by atoms with Gasteiger partial charge < -0.3 is 5.41 Å². The van der Waals surface area contributed by atoms with Gasteiger partial charge >= 0.3 is 0 Å². The molecule has 0 amide bonds. The zero-order chi connectivity index (χ0) is 9.42. The topological polar surface area (TPSA) is 23.9 Å². The Hall–Kier alpha value is -0.630. The molecule has 0 atom stereocenters. The van der Waals surface area contributed by atoms with Crippen molar-refractivity contribution in [3.63, 3.8) is 0 Å². The van der Waals surface area contributed by atoms with Crippen molar-refractivity contribution in [1.82, 2.24) is 0 Å². The highest BCUT2D eigenvalue weighted by molar-refractivity contribution is 9.10. The molecule has 1 N–H and O–H groups in total. The number of nitrogens with one attached hydrogen (secondary N) is 1. The summed E-state index contributed by atoms with van der Waals surface area (Å²) in [6.45, 7) is 2.07. The summed E-state index contributed by atoms with van der Waals surface area (Å²) in [5.41, 5.74) is 3.13. The molecule has 1 aromatic carbocycles. The second kappa shape index (κ2) is 3.26. The molecule has 0 spiro atoms. The quantitative estimate of drug-likeness (QED) is 0.762. The highest BCUT2D eigenvalue weighted by atomic mass is 79.9. The van der Waals surface area contributed by atoms with Crippen molar-refractivity contribution < 1.29 is 0 Å². The smallest absolute Gasteiger partial charge is 0.0420 e. The van der Waals surface area contributed by atoms with Gasteiger partial charge in [0.05, 0.1) is 0 Å². The molecule has 2 rings (SSSR count). The standard InChI is InChI=1S/C11H12BrN/c1-7-2-5-9(12)6-10(7)11(13)8-3-4-8/h2,5-6,8,13H,3-4H2,1H3. The lowest BCUT2D eigenvalue weighted by Crippen LogP contribution is -2.03. The fraction of sp³-hybridized carbons (Fsp3) is 0.364. The van der Waals surface area contributed by atoms with Gasteiger partial charge in [-0.3, -0.25) is 0 Å². The lowest BCUT2D eigenvalue weighted by atomic mass is 10.0. The second-order valence-electron chi connectivity index (χ2n) is 3.65. The van der Waals surface area contributed by atoms with Crippen molar-refractivity contribution in [3.05, 3.63) is 33.8 Å². The molecule has 1 fully saturated rings. The van der Waals surface area contributed by atoms with Crippen molar-refractivity contribution in [2.75, 3.05) is 0 Å². The van der Waals surface area contributed by atoms with Gasteiger partial charge in [-0.05, 0) is 43.0 Å². The molecule has 1 aliphatic rings. The molecule has 68 valence electrons. The molecule has 1 saturated carbocycles. The Bertz CT molecular complexity index is 353. The monoisotopic (exact) mass is 237 g/mol. The summed E-state index contributed by atoms with van der Waals surface area (Å²) in [4.78, 5) is 0. The van der Waals surface area contributed by atoms with E-state index in [1.54, 1.807) is 0 Å². The second-order valence-corrected chi connectivity index (χ2v) is 4.56. The number of rotatable bonds is 2. The molecule has 0 aliphatic heterocycles. The minimum Gasteiger partial charge on any atom is -0.304 e. The largest absolute Gasteiger partial charge is 0.304 e. The Morgan fingerprint density at radius 2 is 2.15 bits per heavy atom. The molecular formula is C11H12BrN. The summed E-state index contributed by atoms with van der Waals surface area (Å²) >= 11 is 3.44. The van der Waals surface area contributed by atoms with Crippen LogP contribution in [0.25, 0.3) is 0 Å². The van der Waals surface area contributed by atoms with Crippen molar-refractivity contribution >= 4 is 21.6 Å². The lowest BCUT2D eigenvalue weighted by molar-refractivity contribution is 1.15. The zero-order valence-electron chi connectivity index (χ0n) is 7.60. The third-order valence-corrected chi connectivity index (χ3v) is 2.97. The number of aryl methyl sites for hydroxylation is 1. The van der Waals surface area contributed by atoms with Crippen LogP contribution in [0.4, 0.5) is 0 Å². The average Bonchev–Trinajstić information content (AvgIpc) is 2.91. The van der Waals surface area contributed by atoms with Crippen LogP contribution in [0, 0.1) is 18.3 Å². The van der Waals surface area contributed by atoms with Crippen LogP contribution in [-0.4, -0.2) is 5.71 Å². The number of benzene rings is 1. The van der Waals surface area contributed by atoms with E-state index in [4.69, 9.17) is 5.41 Å². The van der Waals surface area contributed by atoms with Gasteiger partial charge in [-0.15, -0.1) is 0 Å². The molecule has 0 aromatic heterocycles. The molecule has 0 heterocycles. The van der Waals surface area contributed by atoms with Crippen LogP contribution in [-0.2, 0) is 0 Å². The zero-order valence-corrected chi connectivity index (χ0v) is 9.19. The Morgan fingerprint density at radius 3 is 2.77 bits per heavy atom.